The lowest BCUT2D eigenvalue weighted by Crippen LogP contribution is -2.10. The average molecular weight is 273 g/mol. The summed E-state index contributed by atoms with van der Waals surface area (Å²) < 4.78 is 6.09. The lowest BCUT2D eigenvalue weighted by molar-refractivity contribution is 0.102. The van der Waals surface area contributed by atoms with Gasteiger partial charge in [0.1, 0.15) is 12.0 Å². The van der Waals surface area contributed by atoms with Gasteiger partial charge in [-0.2, -0.15) is 9.47 Å². The minimum atomic E-state index is -0.224. The Morgan fingerprint density at radius 3 is 2.93 bits per heavy atom. The van der Waals surface area contributed by atoms with Crippen LogP contribution in [0.1, 0.15) is 16.3 Å². The van der Waals surface area contributed by atoms with Crippen molar-refractivity contribution in [3.8, 4) is 0 Å². The monoisotopic (exact) mass is 272 g/mol. The van der Waals surface area contributed by atoms with Crippen LogP contribution < -0.4 is 0 Å². The fraction of sp³-hybridized carbons (Fsp3) is 0.143. The Kier molecular flexibility index (Phi) is 2.42. The summed E-state index contributed by atoms with van der Waals surface area (Å²) in [5.41, 5.74) is 0.381. The van der Waals surface area contributed by atoms with Crippen LogP contribution in [0.15, 0.2) is 16.2 Å². The number of hydrogen-bond acceptors (Lipinski definition) is 5. The SMILES string of the molecule is Cn1ncnc1C(=O)c1nscc1Br. The molecule has 0 bridgehead atoms. The summed E-state index contributed by atoms with van der Waals surface area (Å²) in [7, 11) is 1.67. The zero-order valence-electron chi connectivity index (χ0n) is 7.14. The smallest absolute Gasteiger partial charge is 0.250 e. The van der Waals surface area contributed by atoms with Gasteiger partial charge >= 0.3 is 0 Å². The average Bonchev–Trinajstić information content (AvgIpc) is 2.73. The van der Waals surface area contributed by atoms with Crippen LogP contribution in [0.4, 0.5) is 0 Å². The van der Waals surface area contributed by atoms with Gasteiger partial charge in [-0.15, -0.1) is 0 Å². The molecule has 2 rings (SSSR count). The molecule has 72 valence electrons. The van der Waals surface area contributed by atoms with E-state index >= 15 is 0 Å². The van der Waals surface area contributed by atoms with Gasteiger partial charge in [0.2, 0.25) is 5.82 Å². The van der Waals surface area contributed by atoms with Crippen molar-refractivity contribution >= 4 is 33.2 Å². The molecule has 5 nitrogen and oxygen atoms in total. The van der Waals surface area contributed by atoms with E-state index in [-0.39, 0.29) is 11.6 Å². The number of nitrogens with zero attached hydrogens (tertiary/aromatic N) is 4. The molecule has 0 aliphatic carbocycles. The summed E-state index contributed by atoms with van der Waals surface area (Å²) in [6.07, 6.45) is 1.34. The Balaban J connectivity index is 2.44. The van der Waals surface area contributed by atoms with E-state index in [1.54, 1.807) is 12.4 Å². The van der Waals surface area contributed by atoms with Crippen molar-refractivity contribution in [2.45, 2.75) is 0 Å². The van der Waals surface area contributed by atoms with E-state index in [1.165, 1.54) is 22.5 Å². The largest absolute Gasteiger partial charge is 0.283 e. The molecule has 7 heteroatoms. The van der Waals surface area contributed by atoms with Crippen LogP contribution in [0.2, 0.25) is 0 Å². The van der Waals surface area contributed by atoms with Crippen LogP contribution in [0.25, 0.3) is 0 Å². The van der Waals surface area contributed by atoms with Crippen LogP contribution in [0.3, 0.4) is 0 Å². The van der Waals surface area contributed by atoms with Crippen LogP contribution in [-0.4, -0.2) is 24.9 Å². The minimum Gasteiger partial charge on any atom is -0.283 e. The molecule has 0 saturated carbocycles. The van der Waals surface area contributed by atoms with Crippen molar-refractivity contribution in [1.82, 2.24) is 19.1 Å². The fourth-order valence-electron chi connectivity index (χ4n) is 0.982. The maximum absolute atomic E-state index is 11.8. The van der Waals surface area contributed by atoms with Gasteiger partial charge in [-0.1, -0.05) is 0 Å². The molecule has 0 amide bonds. The molecule has 0 aliphatic heterocycles. The van der Waals surface area contributed by atoms with E-state index < -0.39 is 0 Å². The second kappa shape index (κ2) is 3.58. The highest BCUT2D eigenvalue weighted by atomic mass is 79.9. The number of aryl methyl sites for hydroxylation is 1. The Morgan fingerprint density at radius 2 is 2.43 bits per heavy atom. The molecule has 2 aromatic heterocycles. The number of halogens is 1. The summed E-state index contributed by atoms with van der Waals surface area (Å²) in [4.78, 5) is 15.7. The lowest BCUT2D eigenvalue weighted by Gasteiger charge is -1.96. The minimum absolute atomic E-state index is 0.224. The first-order chi connectivity index (χ1) is 6.70. The molecule has 0 N–H and O–H groups in total. The van der Waals surface area contributed by atoms with E-state index in [1.807, 2.05) is 0 Å². The normalized spacial score (nSPS) is 10.4. The van der Waals surface area contributed by atoms with E-state index in [0.717, 1.165) is 0 Å². The Morgan fingerprint density at radius 1 is 1.64 bits per heavy atom. The Labute approximate surface area is 92.1 Å². The molecule has 0 fully saturated rings. The zero-order chi connectivity index (χ0) is 10.1. The highest BCUT2D eigenvalue weighted by Gasteiger charge is 2.19. The predicted octanol–water partition coefficient (Wildman–Crippen LogP) is 1.27. The molecule has 2 heterocycles. The summed E-state index contributed by atoms with van der Waals surface area (Å²) in [5.74, 6) is 0.0646. The second-order valence-electron chi connectivity index (χ2n) is 2.55. The van der Waals surface area contributed by atoms with Crippen molar-refractivity contribution in [3.63, 3.8) is 0 Å². The number of rotatable bonds is 2. The number of hydrogen-bond donors (Lipinski definition) is 0. The van der Waals surface area contributed by atoms with Gasteiger partial charge in [0.15, 0.2) is 0 Å². The first-order valence-corrected chi connectivity index (χ1v) is 5.31. The van der Waals surface area contributed by atoms with Crippen LogP contribution in [0, 0.1) is 0 Å². The summed E-state index contributed by atoms with van der Waals surface area (Å²) in [6, 6.07) is 0. The van der Waals surface area contributed by atoms with Gasteiger partial charge < -0.3 is 0 Å². The third kappa shape index (κ3) is 1.48. The molecule has 0 saturated heterocycles. The third-order valence-corrected chi connectivity index (χ3v) is 3.19. The summed E-state index contributed by atoms with van der Waals surface area (Å²) in [6.45, 7) is 0. The van der Waals surface area contributed by atoms with Crippen molar-refractivity contribution in [1.29, 1.82) is 0 Å². The topological polar surface area (TPSA) is 60.7 Å². The Bertz CT molecular complexity index is 435. The molecule has 0 aromatic carbocycles. The number of carbonyl (C=O) groups is 1. The Hall–Kier alpha value is -1.08. The first kappa shape index (κ1) is 9.47. The third-order valence-electron chi connectivity index (χ3n) is 1.66. The molecule has 0 atom stereocenters. The number of carbonyl (C=O) groups excluding carboxylic acids is 1. The maximum atomic E-state index is 11.8. The zero-order valence-corrected chi connectivity index (χ0v) is 9.54. The summed E-state index contributed by atoms with van der Waals surface area (Å²) in [5, 5.41) is 5.58. The summed E-state index contributed by atoms with van der Waals surface area (Å²) >= 11 is 4.47. The van der Waals surface area contributed by atoms with E-state index in [2.05, 4.69) is 30.4 Å². The molecule has 0 spiro atoms. The van der Waals surface area contributed by atoms with Crippen LogP contribution in [0.5, 0.6) is 0 Å². The molecular formula is C7H5BrN4OS. The van der Waals surface area contributed by atoms with Crippen LogP contribution in [-0.2, 0) is 7.05 Å². The molecule has 14 heavy (non-hydrogen) atoms. The fourth-order valence-corrected chi connectivity index (χ4v) is 2.16. The molecule has 2 aromatic rings. The quantitative estimate of drug-likeness (QED) is 0.773. The van der Waals surface area contributed by atoms with E-state index in [0.29, 0.717) is 10.2 Å². The lowest BCUT2D eigenvalue weighted by atomic mass is 10.3. The maximum Gasteiger partial charge on any atom is 0.250 e. The van der Waals surface area contributed by atoms with Gasteiger partial charge in [-0.3, -0.25) is 4.79 Å². The van der Waals surface area contributed by atoms with Gasteiger partial charge in [0, 0.05) is 12.4 Å². The van der Waals surface area contributed by atoms with Crippen molar-refractivity contribution in [2.24, 2.45) is 7.05 Å². The standard InChI is InChI=1S/C7H5BrN4OS/c1-12-7(9-3-10-12)6(13)5-4(8)2-14-11-5/h2-3H,1H3. The van der Waals surface area contributed by atoms with Crippen LogP contribution >= 0.6 is 27.5 Å². The highest BCUT2D eigenvalue weighted by Crippen LogP contribution is 2.19. The second-order valence-corrected chi connectivity index (χ2v) is 4.03. The van der Waals surface area contributed by atoms with Gasteiger partial charge in [0.25, 0.3) is 5.78 Å². The number of aromatic nitrogens is 4. The van der Waals surface area contributed by atoms with E-state index in [4.69, 9.17) is 0 Å². The molecule has 0 unspecified atom stereocenters. The molecule has 0 aliphatic rings. The predicted molar refractivity (Wildman–Crippen MR) is 54.2 cm³/mol. The number of ketones is 1. The van der Waals surface area contributed by atoms with Gasteiger partial charge in [-0.25, -0.2) is 9.67 Å². The highest BCUT2D eigenvalue weighted by molar-refractivity contribution is 9.10. The molecular weight excluding hydrogens is 268 g/mol. The van der Waals surface area contributed by atoms with Crippen molar-refractivity contribution < 1.29 is 4.79 Å². The van der Waals surface area contributed by atoms with Crippen molar-refractivity contribution in [2.75, 3.05) is 0 Å². The van der Waals surface area contributed by atoms with E-state index in [9.17, 15) is 4.79 Å². The first-order valence-electron chi connectivity index (χ1n) is 3.68. The van der Waals surface area contributed by atoms with Gasteiger partial charge in [0.05, 0.1) is 4.47 Å². The molecule has 0 radical (unpaired) electrons. The van der Waals surface area contributed by atoms with Crippen molar-refractivity contribution in [3.05, 3.63) is 27.7 Å². The van der Waals surface area contributed by atoms with Gasteiger partial charge in [-0.05, 0) is 27.5 Å².